The van der Waals surface area contributed by atoms with Crippen molar-refractivity contribution in [3.63, 3.8) is 0 Å². The number of nitrogens with two attached hydrogens (primary N) is 1. The van der Waals surface area contributed by atoms with Crippen molar-refractivity contribution >= 4 is 11.7 Å². The second-order valence-corrected chi connectivity index (χ2v) is 3.18. The van der Waals surface area contributed by atoms with Crippen LogP contribution in [-0.2, 0) is 11.2 Å². The molecule has 1 aromatic rings. The number of carboxylic acids is 1. The van der Waals surface area contributed by atoms with Crippen LogP contribution in [0.25, 0.3) is 0 Å². The van der Waals surface area contributed by atoms with Gasteiger partial charge in [0.1, 0.15) is 0 Å². The Balaban J connectivity index is 0.000000921. The van der Waals surface area contributed by atoms with Gasteiger partial charge in [0.05, 0.1) is 5.92 Å². The Hall–Kier alpha value is -1.55. The second kappa shape index (κ2) is 6.84. The third-order valence-electron chi connectivity index (χ3n) is 1.94. The Kier molecular flexibility index (Phi) is 6.13. The monoisotopic (exact) mass is 211 g/mol. The number of aliphatic hydroxyl groups excluding tert-OH is 1. The zero-order valence-electron chi connectivity index (χ0n) is 8.97. The molecular formula is C11H17NO3. The van der Waals surface area contributed by atoms with Gasteiger partial charge in [-0.2, -0.15) is 0 Å². The molecule has 1 rings (SSSR count). The van der Waals surface area contributed by atoms with Gasteiger partial charge in [-0.25, -0.2) is 0 Å². The van der Waals surface area contributed by atoms with E-state index >= 15 is 0 Å². The van der Waals surface area contributed by atoms with Crippen LogP contribution in [0, 0.1) is 5.92 Å². The maximum Gasteiger partial charge on any atom is 0.306 e. The quantitative estimate of drug-likeness (QED) is 0.655. The molecule has 0 fully saturated rings. The first-order valence-electron chi connectivity index (χ1n) is 4.61. The first-order chi connectivity index (χ1) is 7.09. The highest BCUT2D eigenvalue weighted by Gasteiger charge is 2.10. The van der Waals surface area contributed by atoms with E-state index in [1.54, 1.807) is 19.1 Å². The summed E-state index contributed by atoms with van der Waals surface area (Å²) in [4.78, 5) is 10.5. The molecule has 0 aliphatic carbocycles. The molecule has 0 bridgehead atoms. The molecule has 0 heterocycles. The maximum atomic E-state index is 10.5. The molecule has 0 saturated carbocycles. The van der Waals surface area contributed by atoms with Gasteiger partial charge in [0.25, 0.3) is 0 Å². The lowest BCUT2D eigenvalue weighted by atomic mass is 10.0. The fraction of sp³-hybridized carbons (Fsp3) is 0.364. The summed E-state index contributed by atoms with van der Waals surface area (Å²) in [6.07, 6.45) is 0.551. The Bertz CT molecular complexity index is 295. The molecule has 4 N–H and O–H groups in total. The molecule has 0 radical (unpaired) electrons. The van der Waals surface area contributed by atoms with Crippen LogP contribution in [0.2, 0.25) is 0 Å². The summed E-state index contributed by atoms with van der Waals surface area (Å²) in [6, 6.07) is 7.28. The molecule has 0 spiro atoms. The van der Waals surface area contributed by atoms with Crippen LogP contribution in [0.5, 0.6) is 0 Å². The smallest absolute Gasteiger partial charge is 0.306 e. The Morgan fingerprint density at radius 2 is 1.80 bits per heavy atom. The zero-order valence-corrected chi connectivity index (χ0v) is 8.97. The summed E-state index contributed by atoms with van der Waals surface area (Å²) >= 11 is 0. The van der Waals surface area contributed by atoms with E-state index in [-0.39, 0.29) is 5.92 Å². The molecule has 0 aliphatic rings. The van der Waals surface area contributed by atoms with Crippen molar-refractivity contribution in [3.05, 3.63) is 29.8 Å². The van der Waals surface area contributed by atoms with Gasteiger partial charge in [0.15, 0.2) is 0 Å². The highest BCUT2D eigenvalue weighted by molar-refractivity contribution is 5.69. The van der Waals surface area contributed by atoms with Gasteiger partial charge in [0.2, 0.25) is 0 Å². The van der Waals surface area contributed by atoms with Crippen LogP contribution in [0.4, 0.5) is 5.69 Å². The molecule has 1 atom stereocenters. The average Bonchev–Trinajstić information content (AvgIpc) is 2.24. The Morgan fingerprint density at radius 3 is 2.20 bits per heavy atom. The zero-order chi connectivity index (χ0) is 11.8. The van der Waals surface area contributed by atoms with Crippen molar-refractivity contribution in [3.8, 4) is 0 Å². The van der Waals surface area contributed by atoms with Crippen molar-refractivity contribution in [1.82, 2.24) is 0 Å². The van der Waals surface area contributed by atoms with Crippen molar-refractivity contribution in [2.24, 2.45) is 5.92 Å². The Morgan fingerprint density at radius 1 is 1.33 bits per heavy atom. The fourth-order valence-electron chi connectivity index (χ4n) is 1.09. The van der Waals surface area contributed by atoms with Crippen molar-refractivity contribution < 1.29 is 15.0 Å². The molecule has 0 amide bonds. The number of carbonyl (C=O) groups is 1. The normalized spacial score (nSPS) is 11.1. The fourth-order valence-corrected chi connectivity index (χ4v) is 1.09. The molecule has 0 aliphatic heterocycles. The molecule has 84 valence electrons. The van der Waals surface area contributed by atoms with Gasteiger partial charge in [-0.15, -0.1) is 0 Å². The largest absolute Gasteiger partial charge is 0.481 e. The van der Waals surface area contributed by atoms with Gasteiger partial charge < -0.3 is 15.9 Å². The number of benzene rings is 1. The highest BCUT2D eigenvalue weighted by Crippen LogP contribution is 2.10. The van der Waals surface area contributed by atoms with Gasteiger partial charge in [-0.05, 0) is 24.1 Å². The maximum absolute atomic E-state index is 10.5. The minimum absolute atomic E-state index is 0.344. The van der Waals surface area contributed by atoms with Crippen LogP contribution in [0.1, 0.15) is 12.5 Å². The van der Waals surface area contributed by atoms with Gasteiger partial charge in [0, 0.05) is 12.8 Å². The second-order valence-electron chi connectivity index (χ2n) is 3.18. The molecule has 15 heavy (non-hydrogen) atoms. The SMILES string of the molecule is CC(Cc1ccc(N)cc1)C(=O)O.CO. The summed E-state index contributed by atoms with van der Waals surface area (Å²) in [5, 5.41) is 15.7. The summed E-state index contributed by atoms with van der Waals surface area (Å²) < 4.78 is 0. The standard InChI is InChI=1S/C10H13NO2.CH4O/c1-7(10(12)13)6-8-2-4-9(11)5-3-8;1-2/h2-5,7H,6,11H2,1H3,(H,12,13);2H,1H3. The third-order valence-corrected chi connectivity index (χ3v) is 1.94. The number of anilines is 1. The van der Waals surface area contributed by atoms with E-state index in [1.165, 1.54) is 0 Å². The van der Waals surface area contributed by atoms with E-state index < -0.39 is 5.97 Å². The van der Waals surface area contributed by atoms with E-state index in [0.717, 1.165) is 12.7 Å². The Labute approximate surface area is 89.4 Å². The lowest BCUT2D eigenvalue weighted by Gasteiger charge is -2.05. The van der Waals surface area contributed by atoms with E-state index in [0.29, 0.717) is 12.1 Å². The molecule has 4 nitrogen and oxygen atoms in total. The van der Waals surface area contributed by atoms with Crippen molar-refractivity contribution in [1.29, 1.82) is 0 Å². The summed E-state index contributed by atoms with van der Waals surface area (Å²) in [5.41, 5.74) is 7.21. The van der Waals surface area contributed by atoms with Crippen LogP contribution in [0.15, 0.2) is 24.3 Å². The summed E-state index contributed by atoms with van der Waals surface area (Å²) in [6.45, 7) is 1.69. The molecule has 0 saturated heterocycles. The molecule has 4 heteroatoms. The first-order valence-corrected chi connectivity index (χ1v) is 4.61. The molecular weight excluding hydrogens is 194 g/mol. The van der Waals surface area contributed by atoms with Crippen LogP contribution in [0.3, 0.4) is 0 Å². The van der Waals surface area contributed by atoms with E-state index in [2.05, 4.69) is 0 Å². The predicted molar refractivity (Wildman–Crippen MR) is 59.5 cm³/mol. The minimum atomic E-state index is -0.767. The lowest BCUT2D eigenvalue weighted by Crippen LogP contribution is -2.12. The van der Waals surface area contributed by atoms with Gasteiger partial charge in [-0.3, -0.25) is 4.79 Å². The summed E-state index contributed by atoms with van der Waals surface area (Å²) in [5.74, 6) is -1.11. The first kappa shape index (κ1) is 13.4. The summed E-state index contributed by atoms with van der Waals surface area (Å²) in [7, 11) is 1.00. The predicted octanol–water partition coefficient (Wildman–Crippen LogP) is 1.14. The highest BCUT2D eigenvalue weighted by atomic mass is 16.4. The molecule has 0 aromatic heterocycles. The number of aliphatic carboxylic acids is 1. The van der Waals surface area contributed by atoms with Gasteiger partial charge >= 0.3 is 5.97 Å². The van der Waals surface area contributed by atoms with Crippen LogP contribution >= 0.6 is 0 Å². The molecule has 1 unspecified atom stereocenters. The lowest BCUT2D eigenvalue weighted by molar-refractivity contribution is -0.141. The topological polar surface area (TPSA) is 83.6 Å². The van der Waals surface area contributed by atoms with Crippen molar-refractivity contribution in [2.75, 3.05) is 12.8 Å². The minimum Gasteiger partial charge on any atom is -0.481 e. The number of aliphatic hydroxyl groups is 1. The number of carboxylic acid groups (broad SMARTS) is 1. The van der Waals surface area contributed by atoms with E-state index in [1.807, 2.05) is 12.1 Å². The van der Waals surface area contributed by atoms with Crippen molar-refractivity contribution in [2.45, 2.75) is 13.3 Å². The number of rotatable bonds is 3. The number of hydrogen-bond acceptors (Lipinski definition) is 3. The van der Waals surface area contributed by atoms with E-state index in [9.17, 15) is 4.79 Å². The number of hydrogen-bond donors (Lipinski definition) is 3. The third kappa shape index (κ3) is 5.02. The number of nitrogen functional groups attached to an aromatic ring is 1. The average molecular weight is 211 g/mol. The van der Waals surface area contributed by atoms with Crippen LogP contribution in [-0.4, -0.2) is 23.3 Å². The van der Waals surface area contributed by atoms with Gasteiger partial charge in [-0.1, -0.05) is 19.1 Å². The molecule has 1 aromatic carbocycles. The van der Waals surface area contributed by atoms with E-state index in [4.69, 9.17) is 15.9 Å². The van der Waals surface area contributed by atoms with Crippen LogP contribution < -0.4 is 5.73 Å².